The third kappa shape index (κ3) is 4.95. The number of sulfonamides is 1. The second kappa shape index (κ2) is 10.1. The fourth-order valence-corrected chi connectivity index (χ4v) is 6.20. The number of rotatable bonds is 8. The van der Waals surface area contributed by atoms with E-state index in [1.54, 1.807) is 12.1 Å². The summed E-state index contributed by atoms with van der Waals surface area (Å²) in [5.41, 5.74) is 2.36. The van der Waals surface area contributed by atoms with Crippen molar-refractivity contribution in [3.8, 4) is 5.75 Å². The molecule has 1 N–H and O–H groups in total. The van der Waals surface area contributed by atoms with E-state index in [1.807, 2.05) is 31.2 Å². The van der Waals surface area contributed by atoms with Gasteiger partial charge >= 0.3 is 0 Å². The van der Waals surface area contributed by atoms with E-state index < -0.39 is 16.1 Å². The monoisotopic (exact) mass is 485 g/mol. The number of hydrogen-bond donors (Lipinski definition) is 1. The minimum absolute atomic E-state index is 0.216. The van der Waals surface area contributed by atoms with Crippen LogP contribution in [0.1, 0.15) is 37.8 Å². The first-order valence-electron chi connectivity index (χ1n) is 11.7. The molecule has 0 spiro atoms. The zero-order valence-electron chi connectivity index (χ0n) is 19.6. The van der Waals surface area contributed by atoms with Crippen LogP contribution in [0.15, 0.2) is 47.4 Å². The van der Waals surface area contributed by atoms with Gasteiger partial charge < -0.3 is 10.1 Å². The molecule has 0 aliphatic carbocycles. The van der Waals surface area contributed by atoms with Gasteiger partial charge in [-0.15, -0.1) is 0 Å². The molecule has 2 aromatic rings. The smallest absolute Gasteiger partial charge is 0.243 e. The fourth-order valence-electron chi connectivity index (χ4n) is 4.63. The molecule has 4 rings (SSSR count). The van der Waals surface area contributed by atoms with Crippen molar-refractivity contribution in [1.82, 2.24) is 9.62 Å². The largest absolute Gasteiger partial charge is 0.494 e. The molecule has 1 atom stereocenters. The summed E-state index contributed by atoms with van der Waals surface area (Å²) in [5.74, 6) is 0.309. The second-order valence-electron chi connectivity index (χ2n) is 8.63. The molecule has 0 radical (unpaired) electrons. The fraction of sp³-hybridized carbons (Fsp3) is 0.440. The molecular weight excluding hydrogens is 454 g/mol. The number of carbonyl (C=O) groups excluding carboxylic acids is 2. The number of anilines is 1. The van der Waals surface area contributed by atoms with Gasteiger partial charge in [-0.2, -0.15) is 4.31 Å². The van der Waals surface area contributed by atoms with E-state index in [-0.39, 0.29) is 23.1 Å². The van der Waals surface area contributed by atoms with E-state index in [1.165, 1.54) is 22.2 Å². The van der Waals surface area contributed by atoms with E-state index in [0.29, 0.717) is 43.9 Å². The lowest BCUT2D eigenvalue weighted by Gasteiger charge is -2.23. The molecule has 0 bridgehead atoms. The van der Waals surface area contributed by atoms with Crippen LogP contribution in [0.4, 0.5) is 5.69 Å². The van der Waals surface area contributed by atoms with Gasteiger partial charge in [0.2, 0.25) is 21.8 Å². The number of fused-ring (bicyclic) bond motifs is 1. The number of ether oxygens (including phenoxy) is 1. The lowest BCUT2D eigenvalue weighted by molar-refractivity contribution is -0.125. The summed E-state index contributed by atoms with van der Waals surface area (Å²) in [7, 11) is -3.57. The number of carbonyl (C=O) groups is 2. The minimum atomic E-state index is -3.57. The van der Waals surface area contributed by atoms with Gasteiger partial charge in [-0.25, -0.2) is 8.42 Å². The van der Waals surface area contributed by atoms with Gasteiger partial charge in [-0.3, -0.25) is 14.5 Å². The molecule has 2 heterocycles. The maximum Gasteiger partial charge on any atom is 0.243 e. The molecule has 2 aromatic carbocycles. The molecular formula is C25H31N3O5S. The van der Waals surface area contributed by atoms with Gasteiger partial charge in [0.1, 0.15) is 11.8 Å². The highest BCUT2D eigenvalue weighted by atomic mass is 32.2. The molecule has 34 heavy (non-hydrogen) atoms. The van der Waals surface area contributed by atoms with Gasteiger partial charge in [-0.1, -0.05) is 12.1 Å². The maximum atomic E-state index is 13.0. The maximum absolute atomic E-state index is 13.0. The second-order valence-corrected chi connectivity index (χ2v) is 10.6. The molecule has 0 aromatic heterocycles. The molecule has 2 amide bonds. The number of nitrogens with zero attached hydrogens (tertiary/aromatic N) is 2. The molecule has 1 fully saturated rings. The van der Waals surface area contributed by atoms with Crippen LogP contribution >= 0.6 is 0 Å². The molecule has 2 aliphatic rings. The Morgan fingerprint density at radius 3 is 2.44 bits per heavy atom. The summed E-state index contributed by atoms with van der Waals surface area (Å²) in [6.45, 7) is 5.45. The van der Waals surface area contributed by atoms with Crippen LogP contribution in [-0.2, 0) is 32.5 Å². The Labute approximate surface area is 200 Å². The first-order valence-corrected chi connectivity index (χ1v) is 13.2. The van der Waals surface area contributed by atoms with Crippen LogP contribution < -0.4 is 15.0 Å². The first kappa shape index (κ1) is 24.2. The van der Waals surface area contributed by atoms with Crippen LogP contribution in [0.2, 0.25) is 0 Å². The normalized spacial score (nSPS) is 18.1. The standard InChI is InChI=1S/C25H31N3O5S/c1-3-33-21-8-6-19(7-9-21)12-13-26-25(30)24-17-20-16-22(10-11-23(20)28(24)18(2)29)34(31,32)27-14-4-5-15-27/h6-11,16,24H,3-5,12-15,17H2,1-2H3,(H,26,30). The quantitative estimate of drug-likeness (QED) is 0.620. The van der Waals surface area contributed by atoms with Crippen LogP contribution in [0, 0.1) is 0 Å². The Kier molecular flexibility index (Phi) is 7.23. The third-order valence-electron chi connectivity index (χ3n) is 6.33. The Bertz CT molecular complexity index is 1160. The predicted octanol–water partition coefficient (Wildman–Crippen LogP) is 2.51. The summed E-state index contributed by atoms with van der Waals surface area (Å²) in [5, 5.41) is 2.93. The van der Waals surface area contributed by atoms with Gasteiger partial charge in [-0.05, 0) is 67.6 Å². The molecule has 1 unspecified atom stereocenters. The highest BCUT2D eigenvalue weighted by Gasteiger charge is 2.38. The zero-order valence-corrected chi connectivity index (χ0v) is 20.4. The molecule has 182 valence electrons. The minimum Gasteiger partial charge on any atom is -0.494 e. The highest BCUT2D eigenvalue weighted by Crippen LogP contribution is 2.35. The van der Waals surface area contributed by atoms with E-state index in [0.717, 1.165) is 24.2 Å². The molecule has 8 nitrogen and oxygen atoms in total. The molecule has 0 saturated carbocycles. The van der Waals surface area contributed by atoms with Gasteiger partial charge in [0, 0.05) is 38.7 Å². The number of nitrogens with one attached hydrogen (secondary N) is 1. The average Bonchev–Trinajstić information content (AvgIpc) is 3.48. The van der Waals surface area contributed by atoms with Crippen molar-refractivity contribution in [2.24, 2.45) is 0 Å². The molecule has 2 aliphatic heterocycles. The van der Waals surface area contributed by atoms with Crippen LogP contribution in [0.5, 0.6) is 5.75 Å². The number of hydrogen-bond acceptors (Lipinski definition) is 5. The van der Waals surface area contributed by atoms with Crippen molar-refractivity contribution in [3.05, 3.63) is 53.6 Å². The summed E-state index contributed by atoms with van der Waals surface area (Å²) < 4.78 is 32.9. The summed E-state index contributed by atoms with van der Waals surface area (Å²) >= 11 is 0. The van der Waals surface area contributed by atoms with E-state index in [2.05, 4.69) is 5.32 Å². The van der Waals surface area contributed by atoms with Crippen molar-refractivity contribution in [1.29, 1.82) is 0 Å². The van der Waals surface area contributed by atoms with Crippen LogP contribution in [0.25, 0.3) is 0 Å². The Balaban J connectivity index is 1.43. The van der Waals surface area contributed by atoms with E-state index in [9.17, 15) is 18.0 Å². The summed E-state index contributed by atoms with van der Waals surface area (Å²) in [6, 6.07) is 11.8. The Morgan fingerprint density at radius 1 is 1.09 bits per heavy atom. The van der Waals surface area contributed by atoms with Crippen molar-refractivity contribution in [2.75, 3.05) is 31.1 Å². The lowest BCUT2D eigenvalue weighted by Crippen LogP contribution is -2.47. The topological polar surface area (TPSA) is 96.0 Å². The van der Waals surface area contributed by atoms with Crippen molar-refractivity contribution < 1.29 is 22.7 Å². The van der Waals surface area contributed by atoms with E-state index in [4.69, 9.17) is 4.74 Å². The number of amides is 2. The Morgan fingerprint density at radius 2 is 1.79 bits per heavy atom. The van der Waals surface area contributed by atoms with Crippen molar-refractivity contribution >= 4 is 27.5 Å². The van der Waals surface area contributed by atoms with Gasteiger partial charge in [0.15, 0.2) is 0 Å². The third-order valence-corrected chi connectivity index (χ3v) is 8.22. The SMILES string of the molecule is CCOc1ccc(CCNC(=O)C2Cc3cc(S(=O)(=O)N4CCCC4)ccc3N2C(C)=O)cc1. The predicted molar refractivity (Wildman–Crippen MR) is 129 cm³/mol. The van der Waals surface area contributed by atoms with E-state index >= 15 is 0 Å². The zero-order chi connectivity index (χ0) is 24.3. The van der Waals surface area contributed by atoms with Crippen molar-refractivity contribution in [3.63, 3.8) is 0 Å². The Hall–Kier alpha value is -2.91. The number of benzene rings is 2. The van der Waals surface area contributed by atoms with Crippen molar-refractivity contribution in [2.45, 2.75) is 50.5 Å². The first-order chi connectivity index (χ1) is 16.3. The van der Waals surface area contributed by atoms with Crippen LogP contribution in [0.3, 0.4) is 0 Å². The highest BCUT2D eigenvalue weighted by molar-refractivity contribution is 7.89. The molecule has 1 saturated heterocycles. The summed E-state index contributed by atoms with van der Waals surface area (Å²) in [4.78, 5) is 27.1. The van der Waals surface area contributed by atoms with Crippen LogP contribution in [-0.4, -0.2) is 56.8 Å². The average molecular weight is 486 g/mol. The lowest BCUT2D eigenvalue weighted by atomic mass is 10.1. The summed E-state index contributed by atoms with van der Waals surface area (Å²) in [6.07, 6.45) is 2.66. The van der Waals surface area contributed by atoms with Gasteiger partial charge in [0.25, 0.3) is 0 Å². The molecule has 9 heteroatoms. The van der Waals surface area contributed by atoms with Gasteiger partial charge in [0.05, 0.1) is 11.5 Å².